The Hall–Kier alpha value is -2.09. The molecule has 1 N–H and O–H groups in total. The highest BCUT2D eigenvalue weighted by molar-refractivity contribution is 7.92. The first-order valence-electron chi connectivity index (χ1n) is 8.27. The number of likely N-dealkylation sites (N-methyl/N-ethyl adjacent to an activating group) is 1. The zero-order valence-corrected chi connectivity index (χ0v) is 15.3. The van der Waals surface area contributed by atoms with Gasteiger partial charge in [0.2, 0.25) is 10.0 Å². The molecule has 0 spiro atoms. The van der Waals surface area contributed by atoms with E-state index < -0.39 is 16.0 Å². The fourth-order valence-electron chi connectivity index (χ4n) is 2.91. The van der Waals surface area contributed by atoms with Crippen LogP contribution in [-0.2, 0) is 19.6 Å². The van der Waals surface area contributed by atoms with Crippen molar-refractivity contribution >= 4 is 27.6 Å². The molecule has 0 aromatic heterocycles. The van der Waals surface area contributed by atoms with Gasteiger partial charge in [-0.2, -0.15) is 0 Å². The number of esters is 1. The summed E-state index contributed by atoms with van der Waals surface area (Å²) in [6.45, 7) is -0.324. The highest BCUT2D eigenvalue weighted by Crippen LogP contribution is 2.21. The molecule has 2 rings (SSSR count). The minimum absolute atomic E-state index is 0.182. The lowest BCUT2D eigenvalue weighted by Gasteiger charge is -2.31. The molecule has 1 aliphatic rings. The van der Waals surface area contributed by atoms with E-state index in [1.54, 1.807) is 18.0 Å². The van der Waals surface area contributed by atoms with Crippen molar-refractivity contribution in [1.82, 2.24) is 4.90 Å². The van der Waals surface area contributed by atoms with Gasteiger partial charge in [-0.3, -0.25) is 9.52 Å². The summed E-state index contributed by atoms with van der Waals surface area (Å²) >= 11 is 0. The van der Waals surface area contributed by atoms with Gasteiger partial charge in [0.15, 0.2) is 6.61 Å². The molecule has 0 heterocycles. The van der Waals surface area contributed by atoms with E-state index >= 15 is 0 Å². The Morgan fingerprint density at radius 3 is 2.56 bits per heavy atom. The molecule has 1 aliphatic carbocycles. The molecule has 138 valence electrons. The van der Waals surface area contributed by atoms with Gasteiger partial charge in [0, 0.05) is 18.8 Å². The van der Waals surface area contributed by atoms with Crippen molar-refractivity contribution in [2.75, 3.05) is 24.6 Å². The van der Waals surface area contributed by atoms with E-state index in [0.717, 1.165) is 31.9 Å². The molecule has 1 aromatic carbocycles. The third-order valence-electron chi connectivity index (χ3n) is 4.24. The number of nitrogens with zero attached hydrogens (tertiary/aromatic N) is 1. The van der Waals surface area contributed by atoms with Gasteiger partial charge in [0.05, 0.1) is 11.8 Å². The molecule has 0 bridgehead atoms. The number of amides is 1. The number of hydrogen-bond donors (Lipinski definition) is 1. The predicted molar refractivity (Wildman–Crippen MR) is 94.8 cm³/mol. The molecule has 1 fully saturated rings. The molecule has 8 heteroatoms. The second kappa shape index (κ2) is 8.33. The number of anilines is 1. The monoisotopic (exact) mass is 368 g/mol. The minimum Gasteiger partial charge on any atom is -0.452 e. The Morgan fingerprint density at radius 2 is 1.92 bits per heavy atom. The average Bonchev–Trinajstić information content (AvgIpc) is 2.58. The lowest BCUT2D eigenvalue weighted by Crippen LogP contribution is -2.40. The second-order valence-corrected chi connectivity index (χ2v) is 8.08. The summed E-state index contributed by atoms with van der Waals surface area (Å²) in [6, 6.07) is 6.16. The largest absolute Gasteiger partial charge is 0.452 e. The fourth-order valence-corrected chi connectivity index (χ4v) is 3.46. The number of carbonyl (C=O) groups excluding carboxylic acids is 2. The smallest absolute Gasteiger partial charge is 0.338 e. The van der Waals surface area contributed by atoms with Crippen LogP contribution in [0.2, 0.25) is 0 Å². The number of carbonyl (C=O) groups is 2. The maximum Gasteiger partial charge on any atom is 0.338 e. The Kier molecular flexibility index (Phi) is 6.41. The fraction of sp³-hybridized carbons (Fsp3) is 0.529. The van der Waals surface area contributed by atoms with Crippen LogP contribution in [0.4, 0.5) is 5.69 Å². The third-order valence-corrected chi connectivity index (χ3v) is 4.85. The Balaban J connectivity index is 1.91. The van der Waals surface area contributed by atoms with Crippen molar-refractivity contribution in [3.8, 4) is 0 Å². The van der Waals surface area contributed by atoms with Gasteiger partial charge in [-0.1, -0.05) is 25.3 Å². The number of rotatable bonds is 6. The number of sulfonamides is 1. The van der Waals surface area contributed by atoms with E-state index in [1.165, 1.54) is 24.6 Å². The summed E-state index contributed by atoms with van der Waals surface area (Å²) in [5, 5.41) is 0. The summed E-state index contributed by atoms with van der Waals surface area (Å²) in [6.07, 6.45) is 6.42. The summed E-state index contributed by atoms with van der Waals surface area (Å²) < 4.78 is 29.9. The summed E-state index contributed by atoms with van der Waals surface area (Å²) in [5.74, 6) is -0.895. The van der Waals surface area contributed by atoms with E-state index in [2.05, 4.69) is 4.72 Å². The van der Waals surface area contributed by atoms with E-state index in [9.17, 15) is 18.0 Å². The normalized spacial score (nSPS) is 15.4. The molecule has 1 saturated carbocycles. The summed E-state index contributed by atoms with van der Waals surface area (Å²) in [5.41, 5.74) is 0.448. The van der Waals surface area contributed by atoms with Crippen molar-refractivity contribution in [3.63, 3.8) is 0 Å². The topological polar surface area (TPSA) is 92.8 Å². The zero-order valence-electron chi connectivity index (χ0n) is 14.5. The standard InChI is InChI=1S/C17H24N2O5S/c1-19(15-9-4-3-5-10-15)16(20)12-24-17(21)13-7-6-8-14(11-13)18-25(2,22)23/h6-8,11,15,18H,3-5,9-10,12H2,1-2H3. The number of nitrogens with one attached hydrogen (secondary N) is 1. The van der Waals surface area contributed by atoms with Crippen LogP contribution in [0.15, 0.2) is 24.3 Å². The zero-order chi connectivity index (χ0) is 18.4. The van der Waals surface area contributed by atoms with E-state index in [1.807, 2.05) is 0 Å². The number of benzene rings is 1. The van der Waals surface area contributed by atoms with E-state index in [4.69, 9.17) is 4.74 Å². The van der Waals surface area contributed by atoms with Crippen LogP contribution >= 0.6 is 0 Å². The van der Waals surface area contributed by atoms with E-state index in [0.29, 0.717) is 0 Å². The van der Waals surface area contributed by atoms with Crippen LogP contribution in [0.5, 0.6) is 0 Å². The number of ether oxygens (including phenoxy) is 1. The molecule has 7 nitrogen and oxygen atoms in total. The average molecular weight is 368 g/mol. The van der Waals surface area contributed by atoms with Gasteiger partial charge in [-0.05, 0) is 31.0 Å². The van der Waals surface area contributed by atoms with Crippen LogP contribution in [-0.4, -0.2) is 51.1 Å². The van der Waals surface area contributed by atoms with Crippen LogP contribution in [0, 0.1) is 0 Å². The summed E-state index contributed by atoms with van der Waals surface area (Å²) in [4.78, 5) is 25.9. The second-order valence-electron chi connectivity index (χ2n) is 6.33. The Bertz CT molecular complexity index is 726. The molecular weight excluding hydrogens is 344 g/mol. The van der Waals surface area contributed by atoms with Crippen molar-refractivity contribution in [2.24, 2.45) is 0 Å². The van der Waals surface area contributed by atoms with Crippen LogP contribution in [0.3, 0.4) is 0 Å². The molecular formula is C17H24N2O5S. The maximum absolute atomic E-state index is 12.2. The maximum atomic E-state index is 12.2. The third kappa shape index (κ3) is 6.04. The Labute approximate surface area is 148 Å². The molecule has 0 atom stereocenters. The van der Waals surface area contributed by atoms with Gasteiger partial charge in [-0.15, -0.1) is 0 Å². The molecule has 0 saturated heterocycles. The quantitative estimate of drug-likeness (QED) is 0.775. The van der Waals surface area contributed by atoms with Gasteiger partial charge in [-0.25, -0.2) is 13.2 Å². The minimum atomic E-state index is -3.43. The highest BCUT2D eigenvalue weighted by atomic mass is 32.2. The molecule has 0 radical (unpaired) electrons. The van der Waals surface area contributed by atoms with Crippen molar-refractivity contribution in [1.29, 1.82) is 0 Å². The molecule has 0 unspecified atom stereocenters. The number of hydrogen-bond acceptors (Lipinski definition) is 5. The van der Waals surface area contributed by atoms with E-state index in [-0.39, 0.29) is 29.8 Å². The SMILES string of the molecule is CN(C(=O)COC(=O)c1cccc(NS(C)(=O)=O)c1)C1CCCCC1. The predicted octanol–water partition coefficient (Wildman–Crippen LogP) is 2.01. The highest BCUT2D eigenvalue weighted by Gasteiger charge is 2.23. The molecule has 25 heavy (non-hydrogen) atoms. The Morgan fingerprint density at radius 1 is 1.24 bits per heavy atom. The van der Waals surface area contributed by atoms with Gasteiger partial charge in [0.25, 0.3) is 5.91 Å². The lowest BCUT2D eigenvalue weighted by molar-refractivity contribution is -0.135. The first kappa shape index (κ1) is 19.2. The van der Waals surface area contributed by atoms with Gasteiger partial charge < -0.3 is 9.64 Å². The van der Waals surface area contributed by atoms with Gasteiger partial charge in [0.1, 0.15) is 0 Å². The van der Waals surface area contributed by atoms with Gasteiger partial charge >= 0.3 is 5.97 Å². The van der Waals surface area contributed by atoms with Crippen molar-refractivity contribution in [3.05, 3.63) is 29.8 Å². The first-order valence-corrected chi connectivity index (χ1v) is 10.2. The van der Waals surface area contributed by atoms with Crippen LogP contribution in [0.1, 0.15) is 42.5 Å². The van der Waals surface area contributed by atoms with Crippen molar-refractivity contribution < 1.29 is 22.7 Å². The summed E-state index contributed by atoms with van der Waals surface area (Å²) in [7, 11) is -1.69. The molecule has 0 aliphatic heterocycles. The first-order chi connectivity index (χ1) is 11.8. The molecule has 1 amide bonds. The van der Waals surface area contributed by atoms with Crippen molar-refractivity contribution in [2.45, 2.75) is 38.1 Å². The lowest BCUT2D eigenvalue weighted by atomic mass is 9.94. The van der Waals surface area contributed by atoms with Crippen LogP contribution in [0.25, 0.3) is 0 Å². The molecule has 1 aromatic rings. The van der Waals surface area contributed by atoms with Crippen LogP contribution < -0.4 is 4.72 Å².